The fourth-order valence-electron chi connectivity index (χ4n) is 2.86. The second-order valence-electron chi connectivity index (χ2n) is 6.35. The van der Waals surface area contributed by atoms with Crippen molar-refractivity contribution in [3.63, 3.8) is 0 Å². The van der Waals surface area contributed by atoms with Crippen LogP contribution in [0.25, 0.3) is 0 Å². The number of ketones is 1. The van der Waals surface area contributed by atoms with Crippen LogP contribution in [-0.4, -0.2) is 53.5 Å². The van der Waals surface area contributed by atoms with Crippen molar-refractivity contribution in [1.82, 2.24) is 4.90 Å². The van der Waals surface area contributed by atoms with E-state index in [0.717, 1.165) is 18.4 Å². The standard InChI is InChI=1S/C21H22ClNO5/c22-17-6-3-5-16(13-17)14-19(24)10-9-18-7-4-8-20(25)23(18)11-1-2-12-28-15-21(26)27/h3,5-6,9-10,13,18H,4,7-8,11-12,14-15H2,(H,26,27). The number of hydrogen-bond acceptors (Lipinski definition) is 4. The maximum absolute atomic E-state index is 12.2. The molecule has 7 heteroatoms. The van der Waals surface area contributed by atoms with Gasteiger partial charge in [0.25, 0.3) is 0 Å². The Bertz CT molecular complexity index is 809. The lowest BCUT2D eigenvalue weighted by molar-refractivity contribution is -0.141. The summed E-state index contributed by atoms with van der Waals surface area (Å²) in [6, 6.07) is 6.97. The maximum atomic E-state index is 12.2. The van der Waals surface area contributed by atoms with Crippen molar-refractivity contribution >= 4 is 29.3 Å². The Morgan fingerprint density at radius 3 is 2.93 bits per heavy atom. The van der Waals surface area contributed by atoms with E-state index < -0.39 is 12.6 Å². The second kappa shape index (κ2) is 11.3. The highest BCUT2D eigenvalue weighted by molar-refractivity contribution is 6.30. The number of halogens is 1. The topological polar surface area (TPSA) is 83.9 Å². The Hall–Kier alpha value is -2.62. The number of ether oxygens (including phenoxy) is 1. The number of carboxylic acids is 1. The van der Waals surface area contributed by atoms with Gasteiger partial charge in [0.15, 0.2) is 5.78 Å². The van der Waals surface area contributed by atoms with E-state index in [0.29, 0.717) is 11.4 Å². The van der Waals surface area contributed by atoms with Crippen molar-refractivity contribution in [2.45, 2.75) is 31.7 Å². The zero-order valence-electron chi connectivity index (χ0n) is 15.4. The fourth-order valence-corrected chi connectivity index (χ4v) is 3.07. The number of carboxylic acid groups (broad SMARTS) is 1. The van der Waals surface area contributed by atoms with Gasteiger partial charge in [0, 0.05) is 17.9 Å². The van der Waals surface area contributed by atoms with Crippen molar-refractivity contribution < 1.29 is 24.2 Å². The lowest BCUT2D eigenvalue weighted by atomic mass is 10.00. The van der Waals surface area contributed by atoms with E-state index in [2.05, 4.69) is 11.8 Å². The third-order valence-electron chi connectivity index (χ3n) is 4.16. The van der Waals surface area contributed by atoms with Crippen molar-refractivity contribution in [2.24, 2.45) is 0 Å². The summed E-state index contributed by atoms with van der Waals surface area (Å²) in [5.41, 5.74) is 0.839. The molecule has 1 atom stereocenters. The summed E-state index contributed by atoms with van der Waals surface area (Å²) in [5, 5.41) is 9.07. The molecule has 0 spiro atoms. The number of carbonyl (C=O) groups excluding carboxylic acids is 2. The molecule has 1 aliphatic heterocycles. The molecule has 1 saturated heterocycles. The smallest absolute Gasteiger partial charge is 0.329 e. The molecule has 0 bridgehead atoms. The van der Waals surface area contributed by atoms with E-state index in [9.17, 15) is 14.4 Å². The molecule has 0 saturated carbocycles. The normalized spacial score (nSPS) is 16.7. The summed E-state index contributed by atoms with van der Waals surface area (Å²) >= 11 is 5.93. The van der Waals surface area contributed by atoms with Gasteiger partial charge in [-0.25, -0.2) is 4.79 Å². The van der Waals surface area contributed by atoms with Crippen LogP contribution in [0.4, 0.5) is 0 Å². The van der Waals surface area contributed by atoms with E-state index in [1.807, 2.05) is 6.07 Å². The first-order valence-corrected chi connectivity index (χ1v) is 9.33. The summed E-state index contributed by atoms with van der Waals surface area (Å²) in [6.45, 7) is -0.197. The van der Waals surface area contributed by atoms with Crippen molar-refractivity contribution in [3.05, 3.63) is 47.0 Å². The van der Waals surface area contributed by atoms with E-state index in [1.165, 1.54) is 6.08 Å². The van der Waals surface area contributed by atoms with Crippen LogP contribution >= 0.6 is 11.6 Å². The molecule has 0 aliphatic carbocycles. The highest BCUT2D eigenvalue weighted by Crippen LogP contribution is 2.19. The van der Waals surface area contributed by atoms with Crippen molar-refractivity contribution in [2.75, 3.05) is 19.8 Å². The number of rotatable bonds is 8. The van der Waals surface area contributed by atoms with Crippen molar-refractivity contribution in [3.8, 4) is 11.8 Å². The maximum Gasteiger partial charge on any atom is 0.329 e. The molecule has 1 amide bonds. The van der Waals surface area contributed by atoms with Crippen LogP contribution in [0, 0.1) is 11.8 Å². The first kappa shape index (κ1) is 21.7. The quantitative estimate of drug-likeness (QED) is 0.409. The number of amides is 1. The van der Waals surface area contributed by atoms with Crippen LogP contribution in [0.15, 0.2) is 36.4 Å². The Balaban J connectivity index is 1.90. The van der Waals surface area contributed by atoms with E-state index in [1.54, 1.807) is 29.2 Å². The summed E-state index contributed by atoms with van der Waals surface area (Å²) in [5.74, 6) is 4.40. The van der Waals surface area contributed by atoms with Gasteiger partial charge in [-0.05, 0) is 36.6 Å². The molecule has 1 fully saturated rings. The van der Waals surface area contributed by atoms with Crippen LogP contribution in [0.1, 0.15) is 24.8 Å². The summed E-state index contributed by atoms with van der Waals surface area (Å²) in [7, 11) is 0. The third kappa shape index (κ3) is 7.55. The van der Waals surface area contributed by atoms with Gasteiger partial charge in [0.2, 0.25) is 5.91 Å². The van der Waals surface area contributed by atoms with Crippen LogP contribution < -0.4 is 0 Å². The SMILES string of the molecule is O=C(O)COCC#CCN1C(=O)CCCC1C=CC(=O)Cc1cccc(Cl)c1. The highest BCUT2D eigenvalue weighted by Gasteiger charge is 2.25. The number of allylic oxidation sites excluding steroid dienone is 1. The number of nitrogens with zero attached hydrogens (tertiary/aromatic N) is 1. The monoisotopic (exact) mass is 403 g/mol. The third-order valence-corrected chi connectivity index (χ3v) is 4.39. The van der Waals surface area contributed by atoms with Crippen LogP contribution in [0.3, 0.4) is 0 Å². The number of hydrogen-bond donors (Lipinski definition) is 1. The predicted octanol–water partition coefficient (Wildman–Crippen LogP) is 2.49. The van der Waals surface area contributed by atoms with Gasteiger partial charge in [0.05, 0.1) is 12.6 Å². The largest absolute Gasteiger partial charge is 0.480 e. The molecule has 1 heterocycles. The molecular formula is C21H22ClNO5. The Kier molecular flexibility index (Phi) is 8.73. The summed E-state index contributed by atoms with van der Waals surface area (Å²) in [4.78, 5) is 36.4. The minimum absolute atomic E-state index is 0.00699. The minimum Gasteiger partial charge on any atom is -0.480 e. The predicted molar refractivity (Wildman–Crippen MR) is 105 cm³/mol. The van der Waals surface area contributed by atoms with Crippen LogP contribution in [0.2, 0.25) is 5.02 Å². The fraction of sp³-hybridized carbons (Fsp3) is 0.381. The van der Waals surface area contributed by atoms with Gasteiger partial charge in [-0.2, -0.15) is 0 Å². The van der Waals surface area contributed by atoms with E-state index in [-0.39, 0.29) is 37.3 Å². The average Bonchev–Trinajstić information content (AvgIpc) is 2.64. The lowest BCUT2D eigenvalue weighted by Gasteiger charge is -2.32. The van der Waals surface area contributed by atoms with Gasteiger partial charge >= 0.3 is 5.97 Å². The molecule has 2 rings (SSSR count). The van der Waals surface area contributed by atoms with Gasteiger partial charge in [-0.3, -0.25) is 9.59 Å². The van der Waals surface area contributed by atoms with Crippen molar-refractivity contribution in [1.29, 1.82) is 0 Å². The number of piperidine rings is 1. The van der Waals surface area contributed by atoms with Crippen LogP contribution in [-0.2, 0) is 25.5 Å². The van der Waals surface area contributed by atoms with Gasteiger partial charge in [-0.15, -0.1) is 0 Å². The molecular weight excluding hydrogens is 382 g/mol. The first-order valence-electron chi connectivity index (χ1n) is 8.96. The summed E-state index contributed by atoms with van der Waals surface area (Å²) < 4.78 is 4.84. The zero-order valence-corrected chi connectivity index (χ0v) is 16.2. The van der Waals surface area contributed by atoms with E-state index in [4.69, 9.17) is 21.4 Å². The van der Waals surface area contributed by atoms with E-state index >= 15 is 0 Å². The second-order valence-corrected chi connectivity index (χ2v) is 6.79. The van der Waals surface area contributed by atoms with Gasteiger partial charge < -0.3 is 14.7 Å². The minimum atomic E-state index is -1.05. The number of aliphatic carboxylic acids is 1. The molecule has 1 aromatic carbocycles. The molecule has 6 nitrogen and oxygen atoms in total. The number of carbonyl (C=O) groups is 3. The van der Waals surface area contributed by atoms with Crippen LogP contribution in [0.5, 0.6) is 0 Å². The highest BCUT2D eigenvalue weighted by atomic mass is 35.5. The molecule has 0 radical (unpaired) electrons. The molecule has 1 unspecified atom stereocenters. The Morgan fingerprint density at radius 1 is 1.36 bits per heavy atom. The molecule has 1 aromatic rings. The molecule has 1 N–H and O–H groups in total. The zero-order chi connectivity index (χ0) is 20.4. The molecule has 28 heavy (non-hydrogen) atoms. The van der Waals surface area contributed by atoms with Gasteiger partial charge in [-0.1, -0.05) is 41.7 Å². The number of likely N-dealkylation sites (tertiary alicyclic amines) is 1. The Labute approximate surface area is 169 Å². The average molecular weight is 404 g/mol. The number of benzene rings is 1. The van der Waals surface area contributed by atoms with Gasteiger partial charge in [0.1, 0.15) is 13.2 Å². The lowest BCUT2D eigenvalue weighted by Crippen LogP contribution is -2.42. The molecule has 0 aromatic heterocycles. The first-order chi connectivity index (χ1) is 13.5. The Morgan fingerprint density at radius 2 is 2.18 bits per heavy atom. The summed E-state index contributed by atoms with van der Waals surface area (Å²) in [6.07, 6.45) is 5.51. The molecule has 1 aliphatic rings. The molecule has 148 valence electrons.